The normalized spacial score (nSPS) is 21.9. The fourth-order valence-corrected chi connectivity index (χ4v) is 7.80. The van der Waals surface area contributed by atoms with Crippen LogP contribution in [0, 0.1) is 23.7 Å². The number of benzene rings is 2. The molecule has 2 saturated heterocycles. The first kappa shape index (κ1) is 33.8. The number of piperidine rings is 2. The Kier molecular flexibility index (Phi) is 9.38. The Balaban J connectivity index is 1.18. The standard InChI is InChI=1S/C37H44ClN9O3/c1-37(2,3)50-36(49)45-16-14-23(15-17-45)27-19-30(24-4-5-24)34(35-40-20-31(42-35)25-6-10-29(39)11-7-25)46(21-27)33(48)13-8-26-18-28(38)9-12-32(26)47-22-41-43-44-47/h6-13,18,20,22-24,27,30,34H,4-5,14-17,19,21,39H2,1-3H3,(H,40,42). The number of rotatable bonds is 7. The Hall–Kier alpha value is -4.71. The molecular weight excluding hydrogens is 654 g/mol. The molecule has 3 N–H and O–H groups in total. The molecule has 13 heteroatoms. The summed E-state index contributed by atoms with van der Waals surface area (Å²) in [5.41, 5.74) is 9.43. The lowest BCUT2D eigenvalue weighted by Crippen LogP contribution is -2.50. The number of hydrogen-bond acceptors (Lipinski definition) is 8. The fourth-order valence-electron chi connectivity index (χ4n) is 7.62. The van der Waals surface area contributed by atoms with E-state index in [-0.39, 0.29) is 24.0 Å². The molecule has 1 saturated carbocycles. The molecule has 4 heterocycles. The summed E-state index contributed by atoms with van der Waals surface area (Å²) >= 11 is 6.39. The van der Waals surface area contributed by atoms with Crippen LogP contribution >= 0.6 is 11.6 Å². The van der Waals surface area contributed by atoms with Crippen LogP contribution in [0.5, 0.6) is 0 Å². The van der Waals surface area contributed by atoms with Gasteiger partial charge in [0, 0.05) is 42.0 Å². The first-order valence-corrected chi connectivity index (χ1v) is 17.8. The number of imidazole rings is 1. The molecule has 50 heavy (non-hydrogen) atoms. The zero-order valence-electron chi connectivity index (χ0n) is 28.7. The van der Waals surface area contributed by atoms with Gasteiger partial charge in [-0.1, -0.05) is 23.7 Å². The summed E-state index contributed by atoms with van der Waals surface area (Å²) < 4.78 is 7.21. The third-order valence-electron chi connectivity index (χ3n) is 10.2. The smallest absolute Gasteiger partial charge is 0.410 e. The van der Waals surface area contributed by atoms with E-state index in [0.717, 1.165) is 54.7 Å². The number of carbonyl (C=O) groups excluding carboxylic acids is 2. The molecule has 2 aliphatic heterocycles. The van der Waals surface area contributed by atoms with Gasteiger partial charge in [0.25, 0.3) is 0 Å². The number of carbonyl (C=O) groups is 2. The third-order valence-corrected chi connectivity index (χ3v) is 10.4. The minimum atomic E-state index is -0.532. The topological polar surface area (TPSA) is 148 Å². The lowest BCUT2D eigenvalue weighted by atomic mass is 9.72. The van der Waals surface area contributed by atoms with Gasteiger partial charge in [0.15, 0.2) is 0 Å². The molecule has 3 fully saturated rings. The van der Waals surface area contributed by atoms with E-state index in [4.69, 9.17) is 27.1 Å². The van der Waals surface area contributed by atoms with Crippen molar-refractivity contribution < 1.29 is 14.3 Å². The Morgan fingerprint density at radius 1 is 1.02 bits per heavy atom. The second kappa shape index (κ2) is 13.9. The van der Waals surface area contributed by atoms with Crippen LogP contribution in [0.2, 0.25) is 5.02 Å². The number of nitrogens with zero attached hydrogens (tertiary/aromatic N) is 7. The van der Waals surface area contributed by atoms with E-state index in [0.29, 0.717) is 53.8 Å². The summed E-state index contributed by atoms with van der Waals surface area (Å²) in [5.74, 6) is 2.16. The molecule has 1 aliphatic carbocycles. The number of nitrogen functional groups attached to an aromatic ring is 1. The molecule has 262 valence electrons. The Morgan fingerprint density at radius 3 is 2.46 bits per heavy atom. The molecule has 3 unspecified atom stereocenters. The Bertz CT molecular complexity index is 1840. The van der Waals surface area contributed by atoms with Crippen molar-refractivity contribution in [1.29, 1.82) is 0 Å². The average Bonchev–Trinajstić information content (AvgIpc) is 3.57. The van der Waals surface area contributed by atoms with E-state index < -0.39 is 5.60 Å². The number of hydrogen-bond donors (Lipinski definition) is 2. The van der Waals surface area contributed by atoms with Crippen molar-refractivity contribution in [2.24, 2.45) is 23.7 Å². The van der Waals surface area contributed by atoms with Crippen LogP contribution in [-0.4, -0.2) is 77.2 Å². The van der Waals surface area contributed by atoms with Gasteiger partial charge in [0.2, 0.25) is 5.91 Å². The minimum absolute atomic E-state index is 0.0929. The van der Waals surface area contributed by atoms with Gasteiger partial charge in [0.1, 0.15) is 17.8 Å². The SMILES string of the molecule is CC(C)(C)OC(=O)N1CCC(C2CC(C3CC3)C(c3ncc(-c4ccc(N)cc4)[nH]3)N(C(=O)C=Cc3cc(Cl)ccc3-n3cnnn3)C2)CC1. The van der Waals surface area contributed by atoms with E-state index in [9.17, 15) is 9.59 Å². The van der Waals surface area contributed by atoms with Gasteiger partial charge in [-0.2, -0.15) is 4.68 Å². The summed E-state index contributed by atoms with van der Waals surface area (Å²) in [6.07, 6.45) is 11.6. The van der Waals surface area contributed by atoms with Gasteiger partial charge >= 0.3 is 6.09 Å². The Labute approximate surface area is 297 Å². The molecular formula is C37H44ClN9O3. The van der Waals surface area contributed by atoms with Crippen LogP contribution in [0.15, 0.2) is 61.1 Å². The highest BCUT2D eigenvalue weighted by molar-refractivity contribution is 6.30. The maximum Gasteiger partial charge on any atom is 0.410 e. The molecule has 3 atom stereocenters. The molecule has 0 radical (unpaired) electrons. The highest BCUT2D eigenvalue weighted by Gasteiger charge is 2.48. The van der Waals surface area contributed by atoms with Gasteiger partial charge in [-0.15, -0.1) is 5.10 Å². The van der Waals surface area contributed by atoms with Crippen molar-refractivity contribution in [2.45, 2.75) is 64.5 Å². The number of tetrazole rings is 1. The predicted molar refractivity (Wildman–Crippen MR) is 191 cm³/mol. The maximum atomic E-state index is 14.5. The molecule has 2 amide bonds. The Morgan fingerprint density at radius 2 is 1.78 bits per heavy atom. The van der Waals surface area contributed by atoms with Crippen LogP contribution in [0.25, 0.3) is 23.0 Å². The van der Waals surface area contributed by atoms with Crippen molar-refractivity contribution in [3.8, 4) is 16.9 Å². The summed E-state index contributed by atoms with van der Waals surface area (Å²) in [6, 6.07) is 12.9. The number of aromatic amines is 1. The van der Waals surface area contributed by atoms with Gasteiger partial charge < -0.3 is 25.3 Å². The van der Waals surface area contributed by atoms with Crippen molar-refractivity contribution in [2.75, 3.05) is 25.4 Å². The zero-order chi connectivity index (χ0) is 35.0. The monoisotopic (exact) mass is 697 g/mol. The van der Waals surface area contributed by atoms with Crippen LogP contribution < -0.4 is 5.73 Å². The number of anilines is 1. The number of nitrogens with two attached hydrogens (primary N) is 1. The molecule has 2 aromatic carbocycles. The molecule has 0 spiro atoms. The van der Waals surface area contributed by atoms with Crippen LogP contribution in [-0.2, 0) is 9.53 Å². The predicted octanol–water partition coefficient (Wildman–Crippen LogP) is 6.56. The quantitative estimate of drug-likeness (QED) is 0.163. The lowest BCUT2D eigenvalue weighted by molar-refractivity contribution is -0.134. The van der Waals surface area contributed by atoms with Gasteiger partial charge in [-0.25, -0.2) is 9.78 Å². The van der Waals surface area contributed by atoms with Gasteiger partial charge in [-0.05, 0) is 129 Å². The van der Waals surface area contributed by atoms with Gasteiger partial charge in [-0.3, -0.25) is 4.79 Å². The molecule has 12 nitrogen and oxygen atoms in total. The lowest BCUT2D eigenvalue weighted by Gasteiger charge is -2.47. The van der Waals surface area contributed by atoms with Gasteiger partial charge in [0.05, 0.1) is 23.6 Å². The van der Waals surface area contributed by atoms with Crippen molar-refractivity contribution in [3.63, 3.8) is 0 Å². The maximum absolute atomic E-state index is 14.5. The van der Waals surface area contributed by atoms with Crippen LogP contribution in [0.1, 0.15) is 70.3 Å². The molecule has 3 aliphatic rings. The third kappa shape index (κ3) is 7.55. The second-order valence-electron chi connectivity index (χ2n) is 14.8. The largest absolute Gasteiger partial charge is 0.444 e. The molecule has 4 aromatic rings. The minimum Gasteiger partial charge on any atom is -0.444 e. The number of H-pyrrole nitrogens is 1. The van der Waals surface area contributed by atoms with Crippen LogP contribution in [0.4, 0.5) is 10.5 Å². The van der Waals surface area contributed by atoms with E-state index in [1.165, 1.54) is 6.33 Å². The summed E-state index contributed by atoms with van der Waals surface area (Å²) in [6.45, 7) is 7.58. The first-order chi connectivity index (χ1) is 24.0. The summed E-state index contributed by atoms with van der Waals surface area (Å²) in [4.78, 5) is 39.6. The molecule has 2 aromatic heterocycles. The molecule has 0 bridgehead atoms. The summed E-state index contributed by atoms with van der Waals surface area (Å²) in [7, 11) is 0. The van der Waals surface area contributed by atoms with Crippen LogP contribution in [0.3, 0.4) is 0 Å². The van der Waals surface area contributed by atoms with E-state index >= 15 is 0 Å². The number of amides is 2. The number of likely N-dealkylation sites (tertiary alicyclic amines) is 2. The second-order valence-corrected chi connectivity index (χ2v) is 15.3. The number of halogens is 1. The van der Waals surface area contributed by atoms with Crippen molar-refractivity contribution in [1.82, 2.24) is 40.0 Å². The first-order valence-electron chi connectivity index (χ1n) is 17.4. The van der Waals surface area contributed by atoms with E-state index in [2.05, 4.69) is 20.5 Å². The van der Waals surface area contributed by atoms with Crippen molar-refractivity contribution in [3.05, 3.63) is 77.5 Å². The highest BCUT2D eigenvalue weighted by Crippen LogP contribution is 2.52. The zero-order valence-corrected chi connectivity index (χ0v) is 29.5. The highest BCUT2D eigenvalue weighted by atomic mass is 35.5. The van der Waals surface area contributed by atoms with Crippen molar-refractivity contribution >= 4 is 35.4 Å². The van der Waals surface area contributed by atoms with E-state index in [1.54, 1.807) is 29.0 Å². The number of ether oxygens (including phenoxy) is 1. The number of aromatic nitrogens is 6. The summed E-state index contributed by atoms with van der Waals surface area (Å²) in [5, 5.41) is 12.1. The van der Waals surface area contributed by atoms with E-state index in [1.807, 2.05) is 67.1 Å². The molecule has 7 rings (SSSR count). The number of nitrogens with one attached hydrogen (secondary N) is 1. The fraction of sp³-hybridized carbons (Fsp3) is 0.459. The average molecular weight is 698 g/mol.